The Morgan fingerprint density at radius 3 is 1.88 bits per heavy atom. The Morgan fingerprint density at radius 2 is 1.56 bits per heavy atom. The summed E-state index contributed by atoms with van der Waals surface area (Å²) < 4.78 is 0.0796. The molecular weight excluding hydrogens is 222 g/mol. The molecule has 0 unspecified atom stereocenters. The summed E-state index contributed by atoms with van der Waals surface area (Å²) in [5.74, 6) is 0.385. The molecule has 0 fully saturated rings. The smallest absolute Gasteiger partial charge is 0.230 e. The summed E-state index contributed by atoms with van der Waals surface area (Å²) in [4.78, 5) is 11.7. The van der Waals surface area contributed by atoms with Gasteiger partial charge in [0.1, 0.15) is 0 Å². The maximum atomic E-state index is 11.7. The summed E-state index contributed by atoms with van der Waals surface area (Å²) in [6, 6.07) is 0. The molecule has 0 spiro atoms. The van der Waals surface area contributed by atoms with Crippen molar-refractivity contribution >= 4 is 17.7 Å². The fourth-order valence-electron chi connectivity index (χ4n) is 0.820. The molecule has 2 N–H and O–H groups in total. The van der Waals surface area contributed by atoms with Crippen LogP contribution in [0, 0.1) is 0 Å². The lowest BCUT2D eigenvalue weighted by molar-refractivity contribution is -0.123. The van der Waals surface area contributed by atoms with Crippen molar-refractivity contribution in [2.45, 2.75) is 64.4 Å². The molecule has 0 bridgehead atoms. The highest BCUT2D eigenvalue weighted by Crippen LogP contribution is 2.24. The van der Waals surface area contributed by atoms with Crippen LogP contribution in [0.5, 0.6) is 0 Å². The average Bonchev–Trinajstić information content (AvgIpc) is 1.96. The van der Waals surface area contributed by atoms with E-state index < -0.39 is 11.1 Å². The normalized spacial score (nSPS) is 13.8. The predicted octanol–water partition coefficient (Wildman–Crippen LogP) is 2.18. The summed E-state index contributed by atoms with van der Waals surface area (Å²) in [5, 5.41) is 12.8. The van der Waals surface area contributed by atoms with E-state index in [-0.39, 0.29) is 10.7 Å². The zero-order chi connectivity index (χ0) is 13.2. The van der Waals surface area contributed by atoms with Crippen molar-refractivity contribution in [2.75, 3.05) is 5.75 Å². The van der Waals surface area contributed by atoms with Crippen molar-refractivity contribution in [1.29, 1.82) is 0 Å². The van der Waals surface area contributed by atoms with Gasteiger partial charge in [-0.1, -0.05) is 20.8 Å². The molecule has 16 heavy (non-hydrogen) atoms. The van der Waals surface area contributed by atoms with Gasteiger partial charge < -0.3 is 10.4 Å². The Hall–Kier alpha value is -0.220. The van der Waals surface area contributed by atoms with Crippen molar-refractivity contribution in [1.82, 2.24) is 5.32 Å². The van der Waals surface area contributed by atoms with E-state index in [0.29, 0.717) is 5.75 Å². The van der Waals surface area contributed by atoms with E-state index in [0.717, 1.165) is 0 Å². The first-order valence-corrected chi connectivity index (χ1v) is 6.51. The third-order valence-electron chi connectivity index (χ3n) is 2.62. The second-order valence-electron chi connectivity index (χ2n) is 6.13. The zero-order valence-electron chi connectivity index (χ0n) is 11.5. The highest BCUT2D eigenvalue weighted by Gasteiger charge is 2.36. The summed E-state index contributed by atoms with van der Waals surface area (Å²) in [6.45, 7) is 13.3. The number of nitrogens with one attached hydrogen (secondary N) is 1. The SMILES string of the molecule is CC(C)(C)SCC(=O)NC(C)(C)C(C)(C)O. The molecule has 0 rings (SSSR count). The monoisotopic (exact) mass is 247 g/mol. The highest BCUT2D eigenvalue weighted by molar-refractivity contribution is 8.01. The third-order valence-corrected chi connectivity index (χ3v) is 3.89. The van der Waals surface area contributed by atoms with Gasteiger partial charge in [0, 0.05) is 4.75 Å². The van der Waals surface area contributed by atoms with Crippen molar-refractivity contribution in [3.63, 3.8) is 0 Å². The lowest BCUT2D eigenvalue weighted by Gasteiger charge is -2.38. The maximum Gasteiger partial charge on any atom is 0.230 e. The number of aliphatic hydroxyl groups is 1. The van der Waals surface area contributed by atoms with Gasteiger partial charge in [-0.2, -0.15) is 0 Å². The Morgan fingerprint density at radius 1 is 1.12 bits per heavy atom. The molecule has 0 aliphatic rings. The number of hydrogen-bond acceptors (Lipinski definition) is 3. The summed E-state index contributed by atoms with van der Waals surface area (Å²) in [6.07, 6.45) is 0. The van der Waals surface area contributed by atoms with Crippen molar-refractivity contribution < 1.29 is 9.90 Å². The molecule has 0 aromatic heterocycles. The Balaban J connectivity index is 4.26. The Kier molecular flexibility index (Phi) is 4.89. The lowest BCUT2D eigenvalue weighted by Crippen LogP contribution is -2.58. The van der Waals surface area contributed by atoms with Crippen LogP contribution in [0.1, 0.15) is 48.5 Å². The number of amides is 1. The third kappa shape index (κ3) is 5.75. The van der Waals surface area contributed by atoms with Crippen LogP contribution in [-0.2, 0) is 4.79 Å². The van der Waals surface area contributed by atoms with E-state index >= 15 is 0 Å². The molecule has 0 aliphatic heterocycles. The molecule has 0 saturated carbocycles. The van der Waals surface area contributed by atoms with Crippen LogP contribution in [0.2, 0.25) is 0 Å². The minimum Gasteiger partial charge on any atom is -0.388 e. The number of thioether (sulfide) groups is 1. The van der Waals surface area contributed by atoms with Crippen LogP contribution in [0.15, 0.2) is 0 Å². The standard InChI is InChI=1S/C12H25NO2S/c1-10(2,3)16-8-9(14)13-11(4,5)12(6,7)15/h15H,8H2,1-7H3,(H,13,14). The zero-order valence-corrected chi connectivity index (χ0v) is 12.3. The van der Waals surface area contributed by atoms with Crippen LogP contribution in [0.4, 0.5) is 0 Å². The van der Waals surface area contributed by atoms with Crippen LogP contribution < -0.4 is 5.32 Å². The molecule has 0 radical (unpaired) electrons. The van der Waals surface area contributed by atoms with E-state index in [1.165, 1.54) is 0 Å². The molecule has 1 amide bonds. The highest BCUT2D eigenvalue weighted by atomic mass is 32.2. The maximum absolute atomic E-state index is 11.7. The van der Waals surface area contributed by atoms with Gasteiger partial charge >= 0.3 is 0 Å². The van der Waals surface area contributed by atoms with Gasteiger partial charge in [0.2, 0.25) is 5.91 Å². The second-order valence-corrected chi connectivity index (χ2v) is 7.94. The molecular formula is C12H25NO2S. The number of rotatable bonds is 4. The van der Waals surface area contributed by atoms with Gasteiger partial charge in [0.25, 0.3) is 0 Å². The van der Waals surface area contributed by atoms with Crippen molar-refractivity contribution in [2.24, 2.45) is 0 Å². The van der Waals surface area contributed by atoms with Gasteiger partial charge in [0.15, 0.2) is 0 Å². The Labute approximate surface area is 103 Å². The van der Waals surface area contributed by atoms with Crippen LogP contribution in [0.25, 0.3) is 0 Å². The summed E-state index contributed by atoms with van der Waals surface area (Å²) >= 11 is 1.60. The Bertz CT molecular complexity index is 249. The van der Waals surface area contributed by atoms with E-state index in [9.17, 15) is 9.90 Å². The molecule has 0 aromatic rings. The van der Waals surface area contributed by atoms with E-state index in [1.54, 1.807) is 25.6 Å². The molecule has 0 saturated heterocycles. The van der Waals surface area contributed by atoms with Gasteiger partial charge in [-0.05, 0) is 27.7 Å². The van der Waals surface area contributed by atoms with Crippen LogP contribution in [0.3, 0.4) is 0 Å². The predicted molar refractivity (Wildman–Crippen MR) is 70.7 cm³/mol. The van der Waals surface area contributed by atoms with Gasteiger partial charge in [-0.25, -0.2) is 0 Å². The molecule has 3 nitrogen and oxygen atoms in total. The van der Waals surface area contributed by atoms with Crippen LogP contribution >= 0.6 is 11.8 Å². The number of hydrogen-bond donors (Lipinski definition) is 2. The molecule has 0 aliphatic carbocycles. The second kappa shape index (κ2) is 4.96. The average molecular weight is 247 g/mol. The van der Waals surface area contributed by atoms with Crippen LogP contribution in [-0.4, -0.2) is 32.7 Å². The minimum atomic E-state index is -0.935. The fraction of sp³-hybridized carbons (Fsp3) is 0.917. The van der Waals surface area contributed by atoms with E-state index in [2.05, 4.69) is 26.1 Å². The van der Waals surface area contributed by atoms with Gasteiger partial charge in [0.05, 0.1) is 16.9 Å². The number of carbonyl (C=O) groups excluding carboxylic acids is 1. The first-order chi connectivity index (χ1) is 6.85. The molecule has 0 atom stereocenters. The first kappa shape index (κ1) is 15.8. The largest absolute Gasteiger partial charge is 0.388 e. The van der Waals surface area contributed by atoms with E-state index in [4.69, 9.17) is 0 Å². The molecule has 0 aromatic carbocycles. The molecule has 0 heterocycles. The van der Waals surface area contributed by atoms with Gasteiger partial charge in [-0.3, -0.25) is 4.79 Å². The minimum absolute atomic E-state index is 0.0351. The number of carbonyl (C=O) groups is 1. The first-order valence-electron chi connectivity index (χ1n) is 5.52. The lowest BCUT2D eigenvalue weighted by atomic mass is 9.86. The quantitative estimate of drug-likeness (QED) is 0.800. The molecule has 96 valence electrons. The molecule has 4 heteroatoms. The summed E-state index contributed by atoms with van der Waals surface area (Å²) in [7, 11) is 0. The van der Waals surface area contributed by atoms with E-state index in [1.807, 2.05) is 13.8 Å². The van der Waals surface area contributed by atoms with Crippen molar-refractivity contribution in [3.05, 3.63) is 0 Å². The topological polar surface area (TPSA) is 49.3 Å². The summed E-state index contributed by atoms with van der Waals surface area (Å²) in [5.41, 5.74) is -1.56. The van der Waals surface area contributed by atoms with Gasteiger partial charge in [-0.15, -0.1) is 11.8 Å². The fourth-order valence-corrected chi connectivity index (χ4v) is 1.46. The van der Waals surface area contributed by atoms with Crippen molar-refractivity contribution in [3.8, 4) is 0 Å².